The number of ether oxygens (including phenoxy) is 1. The summed E-state index contributed by atoms with van der Waals surface area (Å²) in [4.78, 5) is 9.39. The molecule has 1 unspecified atom stereocenters. The lowest BCUT2D eigenvalue weighted by Gasteiger charge is -2.37. The van der Waals surface area contributed by atoms with E-state index in [1.807, 2.05) is 0 Å². The summed E-state index contributed by atoms with van der Waals surface area (Å²) in [5.74, 6) is 0. The Morgan fingerprint density at radius 3 is 2.83 bits per heavy atom. The van der Waals surface area contributed by atoms with Crippen molar-refractivity contribution >= 4 is 22.5 Å². The van der Waals surface area contributed by atoms with Gasteiger partial charge in [0.1, 0.15) is 12.8 Å². The van der Waals surface area contributed by atoms with E-state index in [0.717, 1.165) is 31.8 Å². The number of aliphatic imine (C=N–C) groups is 1. The monoisotopic (exact) mass is 405 g/mol. The SMILES string of the molecule is Cc1cccc2cccc(N3CCC4=C(C3)NC(OC[C@@H]3CCCN3C)=NC4N)c12. The van der Waals surface area contributed by atoms with Crippen LogP contribution < -0.4 is 16.0 Å². The Bertz CT molecular complexity index is 1010. The maximum atomic E-state index is 6.40. The molecule has 5 rings (SSSR count). The number of aryl methyl sites for hydroxylation is 1. The van der Waals surface area contributed by atoms with Gasteiger partial charge in [-0.1, -0.05) is 30.3 Å². The van der Waals surface area contributed by atoms with Gasteiger partial charge in [0.2, 0.25) is 0 Å². The lowest BCUT2D eigenvalue weighted by atomic mass is 9.98. The maximum Gasteiger partial charge on any atom is 0.290 e. The van der Waals surface area contributed by atoms with Crippen LogP contribution in [0.1, 0.15) is 24.8 Å². The summed E-state index contributed by atoms with van der Waals surface area (Å²) in [5, 5.41) is 6.07. The first-order valence-electron chi connectivity index (χ1n) is 11.0. The number of fused-ring (bicyclic) bond motifs is 1. The van der Waals surface area contributed by atoms with Gasteiger partial charge < -0.3 is 25.6 Å². The minimum absolute atomic E-state index is 0.311. The predicted octanol–water partition coefficient (Wildman–Crippen LogP) is 2.97. The Balaban J connectivity index is 1.34. The van der Waals surface area contributed by atoms with Crippen molar-refractivity contribution in [1.29, 1.82) is 0 Å². The number of hydrogen-bond donors (Lipinski definition) is 2. The third kappa shape index (κ3) is 3.55. The van der Waals surface area contributed by atoms with Crippen LogP contribution in [0.4, 0.5) is 5.69 Å². The highest BCUT2D eigenvalue weighted by atomic mass is 16.5. The van der Waals surface area contributed by atoms with Gasteiger partial charge in [-0.2, -0.15) is 0 Å². The summed E-state index contributed by atoms with van der Waals surface area (Å²) in [6.45, 7) is 5.72. The highest BCUT2D eigenvalue weighted by Gasteiger charge is 2.29. The largest absolute Gasteiger partial charge is 0.463 e. The van der Waals surface area contributed by atoms with Crippen molar-refractivity contribution in [1.82, 2.24) is 10.2 Å². The molecule has 0 aliphatic carbocycles. The lowest BCUT2D eigenvalue weighted by molar-refractivity contribution is 0.183. The second kappa shape index (κ2) is 7.93. The van der Waals surface area contributed by atoms with Crippen LogP contribution in [0.15, 0.2) is 52.7 Å². The standard InChI is InChI=1S/C24H31N5O/c1-16-6-3-7-17-8-4-10-21(22(16)17)29-13-11-19-20(14-29)26-24(27-23(19)25)30-15-18-9-5-12-28(18)2/h3-4,6-8,10,18,23H,5,9,11-15,25H2,1-2H3,(H,26,27)/t18-,23?/m0/s1. The number of benzene rings is 2. The van der Waals surface area contributed by atoms with Crippen molar-refractivity contribution in [2.24, 2.45) is 10.7 Å². The van der Waals surface area contributed by atoms with Gasteiger partial charge in [0.15, 0.2) is 0 Å². The number of nitrogens with one attached hydrogen (secondary N) is 1. The molecule has 0 aromatic heterocycles. The summed E-state index contributed by atoms with van der Waals surface area (Å²) in [6, 6.07) is 14.1. The van der Waals surface area contributed by atoms with Gasteiger partial charge in [-0.15, -0.1) is 0 Å². The first-order valence-corrected chi connectivity index (χ1v) is 11.0. The summed E-state index contributed by atoms with van der Waals surface area (Å²) < 4.78 is 6.05. The second-order valence-corrected chi connectivity index (χ2v) is 8.72. The number of hydrogen-bond acceptors (Lipinski definition) is 6. The zero-order valence-corrected chi connectivity index (χ0v) is 17.9. The molecule has 3 aliphatic rings. The van der Waals surface area contributed by atoms with E-state index in [-0.39, 0.29) is 6.17 Å². The van der Waals surface area contributed by atoms with Gasteiger partial charge in [-0.3, -0.25) is 0 Å². The number of rotatable bonds is 3. The number of likely N-dealkylation sites (tertiary alicyclic amines) is 1. The molecule has 3 aliphatic heterocycles. The van der Waals surface area contributed by atoms with Crippen LogP contribution in [0.3, 0.4) is 0 Å². The maximum absolute atomic E-state index is 6.40. The van der Waals surface area contributed by atoms with Gasteiger partial charge in [0.05, 0.1) is 6.54 Å². The summed E-state index contributed by atoms with van der Waals surface area (Å²) in [5.41, 5.74) is 11.3. The van der Waals surface area contributed by atoms with E-state index < -0.39 is 0 Å². The highest BCUT2D eigenvalue weighted by molar-refractivity contribution is 5.97. The van der Waals surface area contributed by atoms with Crippen LogP contribution in [-0.4, -0.2) is 56.4 Å². The Labute approximate surface area is 178 Å². The normalized spacial score (nSPS) is 24.6. The summed E-state index contributed by atoms with van der Waals surface area (Å²) in [7, 11) is 2.16. The highest BCUT2D eigenvalue weighted by Crippen LogP contribution is 2.33. The fraction of sp³-hybridized carbons (Fsp3) is 0.458. The molecule has 2 aromatic rings. The number of likely N-dealkylation sites (N-methyl/N-ethyl adjacent to an activating group) is 1. The van der Waals surface area contributed by atoms with E-state index in [2.05, 4.69) is 70.5 Å². The van der Waals surface area contributed by atoms with Crippen LogP contribution in [0, 0.1) is 6.92 Å². The first-order chi connectivity index (χ1) is 14.6. The average Bonchev–Trinajstić information content (AvgIpc) is 3.16. The van der Waals surface area contributed by atoms with Gasteiger partial charge in [0, 0.05) is 29.4 Å². The van der Waals surface area contributed by atoms with E-state index in [1.165, 1.54) is 40.4 Å². The molecule has 158 valence electrons. The topological polar surface area (TPSA) is 66.1 Å². The van der Waals surface area contributed by atoms with Crippen LogP contribution in [0.25, 0.3) is 10.8 Å². The molecule has 3 heterocycles. The van der Waals surface area contributed by atoms with Crippen molar-refractivity contribution in [2.45, 2.75) is 38.4 Å². The minimum atomic E-state index is -0.311. The average molecular weight is 406 g/mol. The van der Waals surface area contributed by atoms with E-state index >= 15 is 0 Å². The molecule has 6 nitrogen and oxygen atoms in total. The number of amidine groups is 1. The molecule has 30 heavy (non-hydrogen) atoms. The van der Waals surface area contributed by atoms with Crippen molar-refractivity contribution in [3.63, 3.8) is 0 Å². The van der Waals surface area contributed by atoms with Crippen molar-refractivity contribution in [3.05, 3.63) is 53.2 Å². The smallest absolute Gasteiger partial charge is 0.290 e. The zero-order valence-electron chi connectivity index (χ0n) is 17.9. The molecule has 0 bridgehead atoms. The molecular weight excluding hydrogens is 374 g/mol. The molecule has 2 atom stereocenters. The van der Waals surface area contributed by atoms with Crippen molar-refractivity contribution in [2.75, 3.05) is 38.2 Å². The molecule has 1 fully saturated rings. The Morgan fingerprint density at radius 1 is 1.20 bits per heavy atom. The molecule has 0 radical (unpaired) electrons. The van der Waals surface area contributed by atoms with E-state index in [0.29, 0.717) is 18.7 Å². The molecule has 3 N–H and O–H groups in total. The van der Waals surface area contributed by atoms with Crippen molar-refractivity contribution in [3.8, 4) is 0 Å². The second-order valence-electron chi connectivity index (χ2n) is 8.72. The van der Waals surface area contributed by atoms with Crippen LogP contribution in [-0.2, 0) is 4.74 Å². The first kappa shape index (κ1) is 19.4. The molecule has 0 saturated carbocycles. The number of nitrogens with zero attached hydrogens (tertiary/aromatic N) is 3. The fourth-order valence-electron chi connectivity index (χ4n) is 5.00. The molecular formula is C24H31N5O. The molecule has 0 spiro atoms. The molecule has 2 aromatic carbocycles. The van der Waals surface area contributed by atoms with E-state index in [4.69, 9.17) is 10.5 Å². The quantitative estimate of drug-likeness (QED) is 0.822. The lowest BCUT2D eigenvalue weighted by Crippen LogP contribution is -2.47. The third-order valence-corrected chi connectivity index (χ3v) is 6.77. The Morgan fingerprint density at radius 2 is 2.03 bits per heavy atom. The number of nitrogens with two attached hydrogens (primary N) is 1. The van der Waals surface area contributed by atoms with E-state index in [9.17, 15) is 0 Å². The van der Waals surface area contributed by atoms with Gasteiger partial charge in [0.25, 0.3) is 6.02 Å². The predicted molar refractivity (Wildman–Crippen MR) is 123 cm³/mol. The van der Waals surface area contributed by atoms with Crippen LogP contribution >= 0.6 is 0 Å². The minimum Gasteiger partial charge on any atom is -0.463 e. The van der Waals surface area contributed by atoms with Crippen molar-refractivity contribution < 1.29 is 4.74 Å². The number of anilines is 1. The fourth-order valence-corrected chi connectivity index (χ4v) is 5.00. The van der Waals surface area contributed by atoms with E-state index in [1.54, 1.807) is 0 Å². The zero-order chi connectivity index (χ0) is 20.7. The van der Waals surface area contributed by atoms with Gasteiger partial charge >= 0.3 is 0 Å². The van der Waals surface area contributed by atoms with Crippen LogP contribution in [0.5, 0.6) is 0 Å². The molecule has 0 amide bonds. The third-order valence-electron chi connectivity index (χ3n) is 6.77. The molecule has 1 saturated heterocycles. The Kier molecular flexibility index (Phi) is 5.13. The van der Waals surface area contributed by atoms with Gasteiger partial charge in [-0.25, -0.2) is 4.99 Å². The van der Waals surface area contributed by atoms with Gasteiger partial charge in [-0.05, 0) is 62.4 Å². The van der Waals surface area contributed by atoms with Crippen LogP contribution in [0.2, 0.25) is 0 Å². The molecule has 6 heteroatoms. The Hall–Kier alpha value is -2.57. The summed E-state index contributed by atoms with van der Waals surface area (Å²) >= 11 is 0. The summed E-state index contributed by atoms with van der Waals surface area (Å²) in [6.07, 6.45) is 3.01.